The van der Waals surface area contributed by atoms with E-state index in [1.807, 2.05) is 0 Å². The van der Waals surface area contributed by atoms with Crippen LogP contribution in [0.5, 0.6) is 0 Å². The zero-order valence-electron chi connectivity index (χ0n) is 15.4. The van der Waals surface area contributed by atoms with Crippen molar-refractivity contribution in [3.05, 3.63) is 41.5 Å². The summed E-state index contributed by atoms with van der Waals surface area (Å²) in [5.74, 6) is -0.811. The minimum Gasteiger partial charge on any atom is -0.356 e. The van der Waals surface area contributed by atoms with Gasteiger partial charge in [-0.15, -0.1) is 0 Å². The maximum Gasteiger partial charge on any atom is 0.418 e. The molecule has 0 heterocycles. The van der Waals surface area contributed by atoms with E-state index in [9.17, 15) is 22.8 Å². The number of benzene rings is 1. The molecule has 1 aromatic rings. The fraction of sp³-hybridized carbons (Fsp3) is 0.500. The Hall–Kier alpha value is -2.31. The van der Waals surface area contributed by atoms with Crippen LogP contribution < -0.4 is 10.2 Å². The van der Waals surface area contributed by atoms with Crippen molar-refractivity contribution in [3.63, 3.8) is 0 Å². The van der Waals surface area contributed by atoms with Crippen molar-refractivity contribution in [2.45, 2.75) is 51.6 Å². The highest BCUT2D eigenvalue weighted by molar-refractivity contribution is 5.93. The number of carbonyl (C=O) groups excluding carboxylic acids is 2. The summed E-state index contributed by atoms with van der Waals surface area (Å²) in [7, 11) is 0. The number of halogens is 3. The second-order valence-electron chi connectivity index (χ2n) is 6.64. The van der Waals surface area contributed by atoms with Crippen molar-refractivity contribution in [1.82, 2.24) is 5.32 Å². The van der Waals surface area contributed by atoms with Gasteiger partial charge in [0.1, 0.15) is 0 Å². The van der Waals surface area contributed by atoms with Gasteiger partial charge in [-0.2, -0.15) is 13.2 Å². The van der Waals surface area contributed by atoms with Crippen LogP contribution in [0.3, 0.4) is 0 Å². The van der Waals surface area contributed by atoms with E-state index in [2.05, 4.69) is 11.4 Å². The number of rotatable bonds is 7. The normalized spacial score (nSPS) is 14.4. The standard InChI is InChI=1S/C20H25F3N2O2/c1-15(26)25(18-10-6-5-9-17(18)20(21,22)23)14-12-19(27)24-13-11-16-7-3-2-4-8-16/h5-7,9-10H,2-4,8,11-14H2,1H3,(H,24,27). The Morgan fingerprint density at radius 2 is 1.93 bits per heavy atom. The highest BCUT2D eigenvalue weighted by Crippen LogP contribution is 2.36. The van der Waals surface area contributed by atoms with Crippen LogP contribution in [0.1, 0.15) is 51.0 Å². The minimum atomic E-state index is -4.57. The summed E-state index contributed by atoms with van der Waals surface area (Å²) in [5, 5.41) is 2.78. The molecule has 2 rings (SSSR count). The third-order valence-electron chi connectivity index (χ3n) is 4.60. The number of anilines is 1. The monoisotopic (exact) mass is 382 g/mol. The van der Waals surface area contributed by atoms with Gasteiger partial charge in [0, 0.05) is 26.4 Å². The summed E-state index contributed by atoms with van der Waals surface area (Å²) in [4.78, 5) is 24.9. The van der Waals surface area contributed by atoms with Crippen molar-refractivity contribution in [2.24, 2.45) is 0 Å². The molecule has 0 unspecified atom stereocenters. The van der Waals surface area contributed by atoms with E-state index in [0.717, 1.165) is 30.2 Å². The number of carbonyl (C=O) groups is 2. The first-order valence-electron chi connectivity index (χ1n) is 9.18. The zero-order chi connectivity index (χ0) is 19.9. The molecule has 7 heteroatoms. The SMILES string of the molecule is CC(=O)N(CCC(=O)NCCC1=CCCCC1)c1ccccc1C(F)(F)F. The van der Waals surface area contributed by atoms with E-state index in [0.29, 0.717) is 6.54 Å². The summed E-state index contributed by atoms with van der Waals surface area (Å²) in [6.45, 7) is 1.60. The zero-order valence-corrected chi connectivity index (χ0v) is 15.4. The molecule has 0 saturated heterocycles. The lowest BCUT2D eigenvalue weighted by molar-refractivity contribution is -0.137. The Morgan fingerprint density at radius 1 is 1.19 bits per heavy atom. The van der Waals surface area contributed by atoms with E-state index in [1.165, 1.54) is 43.5 Å². The predicted octanol–water partition coefficient (Wildman–Crippen LogP) is 4.46. The van der Waals surface area contributed by atoms with Crippen LogP contribution in [-0.4, -0.2) is 24.9 Å². The average Bonchev–Trinajstić information content (AvgIpc) is 2.62. The molecule has 1 aliphatic rings. The van der Waals surface area contributed by atoms with Crippen molar-refractivity contribution in [3.8, 4) is 0 Å². The van der Waals surface area contributed by atoms with Gasteiger partial charge in [-0.3, -0.25) is 9.59 Å². The average molecular weight is 382 g/mol. The van der Waals surface area contributed by atoms with Gasteiger partial charge in [0.25, 0.3) is 0 Å². The number of hydrogen-bond donors (Lipinski definition) is 1. The smallest absolute Gasteiger partial charge is 0.356 e. The molecule has 0 spiro atoms. The van der Waals surface area contributed by atoms with Gasteiger partial charge in [-0.25, -0.2) is 0 Å². The molecular formula is C20H25F3N2O2. The highest BCUT2D eigenvalue weighted by Gasteiger charge is 2.35. The second kappa shape index (κ2) is 9.58. The maximum atomic E-state index is 13.2. The summed E-state index contributed by atoms with van der Waals surface area (Å²) >= 11 is 0. The molecule has 1 N–H and O–H groups in total. The van der Waals surface area contributed by atoms with E-state index < -0.39 is 17.6 Å². The van der Waals surface area contributed by atoms with Crippen molar-refractivity contribution in [1.29, 1.82) is 0 Å². The number of alkyl halides is 3. The van der Waals surface area contributed by atoms with Crippen molar-refractivity contribution >= 4 is 17.5 Å². The lowest BCUT2D eigenvalue weighted by atomic mass is 9.97. The molecule has 0 saturated carbocycles. The number of para-hydroxylation sites is 1. The highest BCUT2D eigenvalue weighted by atomic mass is 19.4. The summed E-state index contributed by atoms with van der Waals surface area (Å²) < 4.78 is 39.6. The largest absolute Gasteiger partial charge is 0.418 e. The van der Waals surface area contributed by atoms with Gasteiger partial charge in [0.05, 0.1) is 11.3 Å². The van der Waals surface area contributed by atoms with E-state index >= 15 is 0 Å². The molecule has 0 aliphatic heterocycles. The quantitative estimate of drug-likeness (QED) is 0.708. The number of nitrogens with zero attached hydrogens (tertiary/aromatic N) is 1. The van der Waals surface area contributed by atoms with E-state index in [1.54, 1.807) is 0 Å². The number of allylic oxidation sites excluding steroid dienone is 1. The molecular weight excluding hydrogens is 357 g/mol. The van der Waals surface area contributed by atoms with Crippen molar-refractivity contribution in [2.75, 3.05) is 18.0 Å². The van der Waals surface area contributed by atoms with Crippen molar-refractivity contribution < 1.29 is 22.8 Å². The Labute approximate surface area is 157 Å². The Kier molecular flexibility index (Phi) is 7.45. The van der Waals surface area contributed by atoms with Crippen LogP contribution in [0.25, 0.3) is 0 Å². The van der Waals surface area contributed by atoms with Crippen LogP contribution in [0, 0.1) is 0 Å². The lowest BCUT2D eigenvalue weighted by Crippen LogP contribution is -2.35. The fourth-order valence-electron chi connectivity index (χ4n) is 3.19. The third kappa shape index (κ3) is 6.41. The predicted molar refractivity (Wildman–Crippen MR) is 98.3 cm³/mol. The molecule has 4 nitrogen and oxygen atoms in total. The third-order valence-corrected chi connectivity index (χ3v) is 4.60. The molecule has 1 aromatic carbocycles. The topological polar surface area (TPSA) is 49.4 Å². The maximum absolute atomic E-state index is 13.2. The molecule has 0 bridgehead atoms. The minimum absolute atomic E-state index is 0.0508. The first kappa shape index (κ1) is 21.0. The number of amides is 2. The first-order valence-corrected chi connectivity index (χ1v) is 9.18. The number of hydrogen-bond acceptors (Lipinski definition) is 2. The Morgan fingerprint density at radius 3 is 2.56 bits per heavy atom. The van der Waals surface area contributed by atoms with Crippen LogP contribution in [0.4, 0.5) is 18.9 Å². The lowest BCUT2D eigenvalue weighted by Gasteiger charge is -2.24. The van der Waals surface area contributed by atoms with E-state index in [4.69, 9.17) is 0 Å². The summed E-state index contributed by atoms with van der Waals surface area (Å²) in [5.41, 5.74) is 0.230. The first-order chi connectivity index (χ1) is 12.8. The Bertz CT molecular complexity index is 699. The molecule has 148 valence electrons. The molecule has 0 aromatic heterocycles. The van der Waals surface area contributed by atoms with Gasteiger partial charge in [-0.05, 0) is 44.2 Å². The molecule has 1 aliphatic carbocycles. The summed E-state index contributed by atoms with van der Waals surface area (Å²) in [6.07, 6.45) is 2.89. The van der Waals surface area contributed by atoms with Crippen LogP contribution >= 0.6 is 0 Å². The van der Waals surface area contributed by atoms with Gasteiger partial charge < -0.3 is 10.2 Å². The van der Waals surface area contributed by atoms with Gasteiger partial charge in [0.15, 0.2) is 0 Å². The van der Waals surface area contributed by atoms with Crippen LogP contribution in [0.2, 0.25) is 0 Å². The molecule has 0 atom stereocenters. The molecule has 27 heavy (non-hydrogen) atoms. The fourth-order valence-corrected chi connectivity index (χ4v) is 3.19. The molecule has 2 amide bonds. The van der Waals surface area contributed by atoms with Gasteiger partial charge in [0.2, 0.25) is 11.8 Å². The van der Waals surface area contributed by atoms with Gasteiger partial charge in [-0.1, -0.05) is 23.8 Å². The molecule has 0 fully saturated rings. The van der Waals surface area contributed by atoms with E-state index in [-0.39, 0.29) is 24.6 Å². The van der Waals surface area contributed by atoms with Crippen LogP contribution in [-0.2, 0) is 15.8 Å². The molecule has 0 radical (unpaired) electrons. The summed E-state index contributed by atoms with van der Waals surface area (Å²) in [6, 6.07) is 4.90. The second-order valence-corrected chi connectivity index (χ2v) is 6.64. The Balaban J connectivity index is 1.92. The number of nitrogens with one attached hydrogen (secondary N) is 1. The van der Waals surface area contributed by atoms with Gasteiger partial charge >= 0.3 is 6.18 Å². The van der Waals surface area contributed by atoms with Crippen LogP contribution in [0.15, 0.2) is 35.9 Å².